The molecule has 1 heteroatoms. The summed E-state index contributed by atoms with van der Waals surface area (Å²) in [5, 5.41) is 5.42. The molecule has 3 rings (SSSR count). The van der Waals surface area contributed by atoms with Crippen LogP contribution in [0.25, 0.3) is 21.5 Å². The zero-order valence-corrected chi connectivity index (χ0v) is 14.2. The van der Waals surface area contributed by atoms with Crippen LogP contribution in [-0.4, -0.2) is 0 Å². The molecule has 0 nitrogen and oxygen atoms in total. The summed E-state index contributed by atoms with van der Waals surface area (Å²) in [5.74, 6) is 0. The Morgan fingerprint density at radius 2 is 1.47 bits per heavy atom. The number of benzene rings is 2. The molecular weight excluding hydrogens is 371 g/mol. The van der Waals surface area contributed by atoms with Gasteiger partial charge in [0.2, 0.25) is 0 Å². The van der Waals surface area contributed by atoms with Crippen molar-refractivity contribution in [1.29, 1.82) is 0 Å². The Hall–Kier alpha value is -0.820. The zero-order chi connectivity index (χ0) is 9.54. The molecule has 0 saturated heterocycles. The molecule has 17 heavy (non-hydrogen) atoms. The van der Waals surface area contributed by atoms with Gasteiger partial charge in [0.25, 0.3) is 0 Å². The summed E-state index contributed by atoms with van der Waals surface area (Å²) >= 11 is 0. The summed E-state index contributed by atoms with van der Waals surface area (Å²) in [6.45, 7) is 2.14. The Labute approximate surface area is 123 Å². The second-order valence-electron chi connectivity index (χ2n) is 3.82. The van der Waals surface area contributed by atoms with Crippen LogP contribution in [0.1, 0.15) is 5.56 Å². The molecule has 0 aromatic heterocycles. The first kappa shape index (κ1) is 16.2. The summed E-state index contributed by atoms with van der Waals surface area (Å²) < 4.78 is 0. The van der Waals surface area contributed by atoms with E-state index in [0.29, 0.717) is 0 Å². The Kier molecular flexibility index (Phi) is 5.91. The first-order valence-corrected chi connectivity index (χ1v) is 4.89. The molecular formula is C16H17Hf-3. The molecule has 0 heterocycles. The first-order chi connectivity index (χ1) is 6.84. The van der Waals surface area contributed by atoms with Gasteiger partial charge < -0.3 is 14.9 Å². The number of aryl methyl sites for hydroxylation is 1. The third kappa shape index (κ3) is 2.71. The maximum absolute atomic E-state index is 2.26. The fraction of sp³-hybridized carbons (Fsp3) is 0.0625. The van der Waals surface area contributed by atoms with E-state index < -0.39 is 0 Å². The molecule has 3 aromatic rings. The van der Waals surface area contributed by atoms with Crippen molar-refractivity contribution in [1.82, 2.24) is 0 Å². The Morgan fingerprint density at radius 1 is 0.824 bits per heavy atom. The van der Waals surface area contributed by atoms with E-state index in [4.69, 9.17) is 0 Å². The van der Waals surface area contributed by atoms with Crippen molar-refractivity contribution in [2.24, 2.45) is 0 Å². The smallest absolute Gasteiger partial charge is 0 e. The van der Waals surface area contributed by atoms with E-state index in [-0.39, 0.29) is 40.7 Å². The zero-order valence-electron chi connectivity index (χ0n) is 10.6. The van der Waals surface area contributed by atoms with Crippen molar-refractivity contribution < 1.29 is 25.8 Å². The summed E-state index contributed by atoms with van der Waals surface area (Å²) in [6.07, 6.45) is 0. The van der Waals surface area contributed by atoms with Crippen molar-refractivity contribution >= 4 is 21.5 Å². The minimum Gasteiger partial charge on any atom is -0.358 e. The average Bonchev–Trinajstić information content (AvgIpc) is 2.54. The fourth-order valence-electron chi connectivity index (χ4n) is 2.08. The molecule has 0 fully saturated rings. The van der Waals surface area contributed by atoms with Gasteiger partial charge in [0.15, 0.2) is 0 Å². The van der Waals surface area contributed by atoms with Gasteiger partial charge in [-0.15, -0.1) is 39.7 Å². The normalized spacial score (nSPS) is 9.24. The van der Waals surface area contributed by atoms with E-state index >= 15 is 0 Å². The van der Waals surface area contributed by atoms with Crippen LogP contribution in [0.5, 0.6) is 0 Å². The molecule has 0 amide bonds. The molecule has 0 atom stereocenters. The number of hydrogen-bond acceptors (Lipinski definition) is 0. The molecule has 0 radical (unpaired) electrons. The Morgan fingerprint density at radius 3 is 2.24 bits per heavy atom. The van der Waals surface area contributed by atoms with Crippen LogP contribution in [0.4, 0.5) is 0 Å². The van der Waals surface area contributed by atoms with Crippen LogP contribution in [0.3, 0.4) is 0 Å². The molecule has 0 aliphatic heterocycles. The van der Waals surface area contributed by atoms with Crippen LogP contribution in [0.2, 0.25) is 0 Å². The van der Waals surface area contributed by atoms with Crippen molar-refractivity contribution in [3.05, 3.63) is 68.9 Å². The topological polar surface area (TPSA) is 0 Å². The minimum atomic E-state index is 0. The monoisotopic (exact) mass is 389 g/mol. The largest absolute Gasteiger partial charge is 0.358 e. The molecule has 0 spiro atoms. The van der Waals surface area contributed by atoms with Gasteiger partial charge in [-0.05, 0) is 6.92 Å². The number of rotatable bonds is 0. The Bertz CT molecular complexity index is 605. The quantitative estimate of drug-likeness (QED) is 0.379. The summed E-state index contributed by atoms with van der Waals surface area (Å²) in [6, 6.07) is 17.4. The van der Waals surface area contributed by atoms with Gasteiger partial charge in [0, 0.05) is 25.8 Å². The molecule has 0 saturated carbocycles. The Balaban J connectivity index is 0.000000853. The van der Waals surface area contributed by atoms with Crippen molar-refractivity contribution in [3.63, 3.8) is 0 Å². The van der Waals surface area contributed by atoms with Gasteiger partial charge in [0.05, 0.1) is 0 Å². The average molecular weight is 388 g/mol. The fourth-order valence-corrected chi connectivity index (χ4v) is 2.08. The van der Waals surface area contributed by atoms with Crippen LogP contribution >= 0.6 is 0 Å². The molecule has 88 valence electrons. The first-order valence-electron chi connectivity index (χ1n) is 4.89. The van der Waals surface area contributed by atoms with Crippen LogP contribution in [-0.2, 0) is 25.8 Å². The van der Waals surface area contributed by atoms with Crippen LogP contribution < -0.4 is 0 Å². The van der Waals surface area contributed by atoms with Gasteiger partial charge in [-0.2, -0.15) is 0 Å². The SMILES string of the molecule is Cc1ccc2c(c1)[cH-]c1ccccc12.[CH3-].[CH3-].[Hf]. The van der Waals surface area contributed by atoms with Crippen molar-refractivity contribution in [3.8, 4) is 0 Å². The number of fused-ring (bicyclic) bond motifs is 3. The standard InChI is InChI=1S/C14H11.2CH3.Hf/c1-10-6-7-14-12(8-10)9-11-4-2-3-5-13(11)14;;;/h2-9H,1H3;2*1H3;/q3*-1;. The predicted molar refractivity (Wildman–Crippen MR) is 74.6 cm³/mol. The van der Waals surface area contributed by atoms with E-state index in [0.717, 1.165) is 0 Å². The van der Waals surface area contributed by atoms with Gasteiger partial charge in [-0.25, -0.2) is 0 Å². The van der Waals surface area contributed by atoms with Crippen molar-refractivity contribution in [2.45, 2.75) is 6.92 Å². The minimum absolute atomic E-state index is 0. The summed E-state index contributed by atoms with van der Waals surface area (Å²) in [7, 11) is 0. The maximum Gasteiger partial charge on any atom is 0 e. The summed E-state index contributed by atoms with van der Waals surface area (Å²) in [5.41, 5.74) is 1.33. The van der Waals surface area contributed by atoms with Gasteiger partial charge in [-0.3, -0.25) is 0 Å². The molecule has 3 aromatic carbocycles. The van der Waals surface area contributed by atoms with Gasteiger partial charge in [-0.1, -0.05) is 35.9 Å². The van der Waals surface area contributed by atoms with Crippen LogP contribution in [0.15, 0.2) is 48.5 Å². The maximum atomic E-state index is 2.26. The van der Waals surface area contributed by atoms with Crippen molar-refractivity contribution in [2.75, 3.05) is 0 Å². The third-order valence-corrected chi connectivity index (χ3v) is 2.77. The van der Waals surface area contributed by atoms with Gasteiger partial charge in [0.1, 0.15) is 0 Å². The van der Waals surface area contributed by atoms with E-state index in [1.165, 1.54) is 27.1 Å². The van der Waals surface area contributed by atoms with Gasteiger partial charge >= 0.3 is 0 Å². The van der Waals surface area contributed by atoms with Crippen LogP contribution in [0, 0.1) is 21.8 Å². The third-order valence-electron chi connectivity index (χ3n) is 2.77. The summed E-state index contributed by atoms with van der Waals surface area (Å²) in [4.78, 5) is 0. The number of hydrogen-bond donors (Lipinski definition) is 0. The molecule has 0 unspecified atom stereocenters. The molecule has 0 aliphatic carbocycles. The van der Waals surface area contributed by atoms with E-state index in [1.807, 2.05) is 0 Å². The van der Waals surface area contributed by atoms with E-state index in [2.05, 4.69) is 55.5 Å². The van der Waals surface area contributed by atoms with E-state index in [1.54, 1.807) is 0 Å². The molecule has 0 aliphatic rings. The molecule has 0 N–H and O–H groups in total. The predicted octanol–water partition coefficient (Wildman–Crippen LogP) is 4.92. The second-order valence-corrected chi connectivity index (χ2v) is 3.82. The second kappa shape index (κ2) is 6.20. The molecule has 0 bridgehead atoms. The van der Waals surface area contributed by atoms with E-state index in [9.17, 15) is 0 Å².